The third-order valence-corrected chi connectivity index (χ3v) is 5.10. The van der Waals surface area contributed by atoms with Crippen LogP contribution in [0, 0.1) is 11.8 Å². The second-order valence-corrected chi connectivity index (χ2v) is 6.37. The second kappa shape index (κ2) is 5.70. The molecule has 0 aliphatic carbocycles. The van der Waals surface area contributed by atoms with E-state index in [9.17, 15) is 8.42 Å². The van der Waals surface area contributed by atoms with Crippen molar-refractivity contribution < 1.29 is 13.5 Å². The highest BCUT2D eigenvalue weighted by Gasteiger charge is 2.32. The van der Waals surface area contributed by atoms with E-state index in [4.69, 9.17) is 5.11 Å². The molecule has 0 amide bonds. The van der Waals surface area contributed by atoms with Gasteiger partial charge in [0.25, 0.3) is 0 Å². The van der Waals surface area contributed by atoms with E-state index in [1.807, 2.05) is 6.92 Å². The maximum atomic E-state index is 12.5. The Morgan fingerprint density at radius 1 is 1.53 bits per heavy atom. The van der Waals surface area contributed by atoms with Crippen molar-refractivity contribution in [3.8, 4) is 11.8 Å². The zero-order valence-electron chi connectivity index (χ0n) is 10.7. The Morgan fingerprint density at radius 2 is 2.32 bits per heavy atom. The predicted octanol–water partition coefficient (Wildman–Crippen LogP) is 0.598. The van der Waals surface area contributed by atoms with Crippen LogP contribution in [0.15, 0.2) is 23.4 Å². The fraction of sp³-hybridized carbons (Fsp3) is 0.462. The van der Waals surface area contributed by atoms with Crippen molar-refractivity contribution in [1.29, 1.82) is 0 Å². The molecular weight excluding hydrogens is 264 g/mol. The van der Waals surface area contributed by atoms with Crippen molar-refractivity contribution in [2.24, 2.45) is 0 Å². The van der Waals surface area contributed by atoms with Gasteiger partial charge >= 0.3 is 0 Å². The zero-order chi connectivity index (χ0) is 13.9. The van der Waals surface area contributed by atoms with Gasteiger partial charge in [0.2, 0.25) is 10.0 Å². The van der Waals surface area contributed by atoms with Gasteiger partial charge in [-0.25, -0.2) is 8.42 Å². The number of aliphatic hydroxyl groups is 1. The highest BCUT2D eigenvalue weighted by atomic mass is 32.2. The minimum Gasteiger partial charge on any atom is -0.384 e. The molecule has 1 fully saturated rings. The summed E-state index contributed by atoms with van der Waals surface area (Å²) in [4.78, 5) is 4.07. The molecule has 1 saturated heterocycles. The molecule has 0 spiro atoms. The van der Waals surface area contributed by atoms with Crippen molar-refractivity contribution in [3.63, 3.8) is 0 Å². The normalized spacial score (nSPS) is 20.0. The highest BCUT2D eigenvalue weighted by molar-refractivity contribution is 7.89. The number of hydrogen-bond donors (Lipinski definition) is 1. The monoisotopic (exact) mass is 280 g/mol. The van der Waals surface area contributed by atoms with Crippen LogP contribution in [0.4, 0.5) is 0 Å². The number of aromatic nitrogens is 1. The van der Waals surface area contributed by atoms with Crippen molar-refractivity contribution >= 4 is 10.0 Å². The fourth-order valence-electron chi connectivity index (χ4n) is 2.17. The van der Waals surface area contributed by atoms with Crippen LogP contribution < -0.4 is 0 Å². The van der Waals surface area contributed by atoms with Crippen molar-refractivity contribution in [2.75, 3.05) is 13.2 Å². The van der Waals surface area contributed by atoms with Crippen LogP contribution in [0.5, 0.6) is 0 Å². The van der Waals surface area contributed by atoms with Crippen LogP contribution in [0.1, 0.15) is 25.3 Å². The Hall–Kier alpha value is -1.42. The van der Waals surface area contributed by atoms with Crippen LogP contribution >= 0.6 is 0 Å². The highest BCUT2D eigenvalue weighted by Crippen LogP contribution is 2.25. The Labute approximate surface area is 113 Å². The maximum absolute atomic E-state index is 12.5. The van der Waals surface area contributed by atoms with Gasteiger partial charge in [-0.3, -0.25) is 4.98 Å². The van der Waals surface area contributed by atoms with E-state index in [0.717, 1.165) is 12.8 Å². The summed E-state index contributed by atoms with van der Waals surface area (Å²) < 4.78 is 26.4. The molecule has 19 heavy (non-hydrogen) atoms. The molecule has 1 aromatic heterocycles. The molecule has 2 rings (SSSR count). The van der Waals surface area contributed by atoms with E-state index in [1.54, 1.807) is 0 Å². The molecular formula is C13H16N2O3S. The summed E-state index contributed by atoms with van der Waals surface area (Å²) in [5.41, 5.74) is 0.488. The van der Waals surface area contributed by atoms with Gasteiger partial charge in [0, 0.05) is 30.5 Å². The number of pyridine rings is 1. The standard InChI is InChI=1S/C13H16N2O3S/c1-11-4-2-6-15(11)19(17,18)13-8-12(5-3-7-16)9-14-10-13/h8-11,16H,2,4,6-7H2,1H3. The molecule has 1 unspecified atom stereocenters. The fourth-order valence-corrected chi connectivity index (χ4v) is 3.86. The molecule has 5 nitrogen and oxygen atoms in total. The molecule has 1 atom stereocenters. The summed E-state index contributed by atoms with van der Waals surface area (Å²) in [5, 5.41) is 8.64. The third kappa shape index (κ3) is 2.95. The molecule has 1 aliphatic rings. The van der Waals surface area contributed by atoms with Crippen molar-refractivity contribution in [3.05, 3.63) is 24.0 Å². The van der Waals surface area contributed by atoms with Gasteiger partial charge in [-0.15, -0.1) is 0 Å². The summed E-state index contributed by atoms with van der Waals surface area (Å²) in [7, 11) is -3.49. The zero-order valence-corrected chi connectivity index (χ0v) is 11.5. The van der Waals surface area contributed by atoms with Crippen LogP contribution in [-0.2, 0) is 10.0 Å². The molecule has 0 radical (unpaired) electrons. The average Bonchev–Trinajstić information content (AvgIpc) is 2.84. The summed E-state index contributed by atoms with van der Waals surface area (Å²) in [5.74, 6) is 5.14. The number of nitrogens with zero attached hydrogens (tertiary/aromatic N) is 2. The van der Waals surface area contributed by atoms with Crippen molar-refractivity contribution in [2.45, 2.75) is 30.7 Å². The lowest BCUT2D eigenvalue weighted by molar-refractivity contribution is 0.350. The van der Waals surface area contributed by atoms with E-state index in [2.05, 4.69) is 16.8 Å². The predicted molar refractivity (Wildman–Crippen MR) is 70.8 cm³/mol. The molecule has 1 aliphatic heterocycles. The Kier molecular flexibility index (Phi) is 4.20. The minimum atomic E-state index is -3.49. The molecule has 0 aromatic carbocycles. The molecule has 6 heteroatoms. The van der Waals surface area contributed by atoms with Gasteiger partial charge < -0.3 is 5.11 Å². The Bertz CT molecular complexity index is 616. The number of aliphatic hydroxyl groups excluding tert-OH is 1. The lowest BCUT2D eigenvalue weighted by atomic mass is 10.3. The van der Waals surface area contributed by atoms with Crippen LogP contribution in [0.3, 0.4) is 0 Å². The Balaban J connectivity index is 2.35. The van der Waals surface area contributed by atoms with E-state index in [0.29, 0.717) is 12.1 Å². The van der Waals surface area contributed by atoms with Crippen LogP contribution in [0.25, 0.3) is 0 Å². The van der Waals surface area contributed by atoms with Gasteiger partial charge in [-0.2, -0.15) is 4.31 Å². The average molecular weight is 280 g/mol. The van der Waals surface area contributed by atoms with Crippen LogP contribution in [-0.4, -0.2) is 42.0 Å². The van der Waals surface area contributed by atoms with E-state index in [-0.39, 0.29) is 17.5 Å². The molecule has 0 bridgehead atoms. The lowest BCUT2D eigenvalue weighted by Gasteiger charge is -2.20. The molecule has 1 N–H and O–H groups in total. The van der Waals surface area contributed by atoms with Gasteiger partial charge in [-0.05, 0) is 25.8 Å². The maximum Gasteiger partial charge on any atom is 0.244 e. The number of rotatable bonds is 2. The molecule has 2 heterocycles. The second-order valence-electron chi connectivity index (χ2n) is 4.48. The van der Waals surface area contributed by atoms with Crippen LogP contribution in [0.2, 0.25) is 0 Å². The lowest BCUT2D eigenvalue weighted by Crippen LogP contribution is -2.33. The van der Waals surface area contributed by atoms with Gasteiger partial charge in [-0.1, -0.05) is 11.8 Å². The number of hydrogen-bond acceptors (Lipinski definition) is 4. The first-order chi connectivity index (χ1) is 9.05. The van der Waals surface area contributed by atoms with Gasteiger partial charge in [0.05, 0.1) is 0 Å². The van der Waals surface area contributed by atoms with Gasteiger partial charge in [0.15, 0.2) is 0 Å². The van der Waals surface area contributed by atoms with Crippen molar-refractivity contribution in [1.82, 2.24) is 9.29 Å². The third-order valence-electron chi connectivity index (χ3n) is 3.12. The first kappa shape index (κ1) is 14.0. The topological polar surface area (TPSA) is 70.5 Å². The largest absolute Gasteiger partial charge is 0.384 e. The first-order valence-corrected chi connectivity index (χ1v) is 7.56. The van der Waals surface area contributed by atoms with Gasteiger partial charge in [0.1, 0.15) is 11.5 Å². The quantitative estimate of drug-likeness (QED) is 0.805. The molecule has 0 saturated carbocycles. The SMILES string of the molecule is CC1CCCN1S(=O)(=O)c1cncc(C#CCO)c1. The summed E-state index contributed by atoms with van der Waals surface area (Å²) in [6.45, 7) is 2.20. The smallest absolute Gasteiger partial charge is 0.244 e. The number of sulfonamides is 1. The first-order valence-electron chi connectivity index (χ1n) is 6.12. The van der Waals surface area contributed by atoms with E-state index in [1.165, 1.54) is 22.8 Å². The summed E-state index contributed by atoms with van der Waals surface area (Å²) in [6, 6.07) is 1.52. The molecule has 102 valence electrons. The summed E-state index contributed by atoms with van der Waals surface area (Å²) >= 11 is 0. The Morgan fingerprint density at radius 3 is 2.95 bits per heavy atom. The van der Waals surface area contributed by atoms with E-state index >= 15 is 0 Å². The summed E-state index contributed by atoms with van der Waals surface area (Å²) in [6.07, 6.45) is 4.59. The minimum absolute atomic E-state index is 0.0252. The molecule has 1 aromatic rings. The van der Waals surface area contributed by atoms with E-state index < -0.39 is 10.0 Å².